The summed E-state index contributed by atoms with van der Waals surface area (Å²) in [6.07, 6.45) is 0. The summed E-state index contributed by atoms with van der Waals surface area (Å²) in [5.74, 6) is 0.411. The lowest BCUT2D eigenvalue weighted by atomic mass is 10.1. The molecule has 4 nitrogen and oxygen atoms in total. The monoisotopic (exact) mass is 235 g/mol. The maximum atomic E-state index is 11.5. The van der Waals surface area contributed by atoms with E-state index in [0.717, 1.165) is 11.4 Å². The molecule has 0 aliphatic carbocycles. The van der Waals surface area contributed by atoms with E-state index in [2.05, 4.69) is 11.9 Å². The van der Waals surface area contributed by atoms with Gasteiger partial charge >= 0.3 is 5.97 Å². The molecule has 0 spiro atoms. The predicted molar refractivity (Wildman–Crippen MR) is 67.2 cm³/mol. The number of ether oxygens (including phenoxy) is 2. The summed E-state index contributed by atoms with van der Waals surface area (Å²) in [7, 11) is 2.96. The standard InChI is InChI=1S/C13H17NO3/c1-9(2)12(13(15)17-4)14-10-5-7-11(16-3)8-6-10/h5-8,12,14H,1H2,2-4H3. The molecule has 0 saturated heterocycles. The number of hydrogen-bond donors (Lipinski definition) is 1. The number of carbonyl (C=O) groups excluding carboxylic acids is 1. The van der Waals surface area contributed by atoms with Gasteiger partial charge < -0.3 is 14.8 Å². The minimum absolute atomic E-state index is 0.353. The smallest absolute Gasteiger partial charge is 0.332 e. The van der Waals surface area contributed by atoms with Crippen molar-refractivity contribution < 1.29 is 14.3 Å². The van der Waals surface area contributed by atoms with Crippen LogP contribution in [0.3, 0.4) is 0 Å². The average Bonchev–Trinajstić information content (AvgIpc) is 2.35. The van der Waals surface area contributed by atoms with Crippen molar-refractivity contribution in [2.75, 3.05) is 19.5 Å². The zero-order chi connectivity index (χ0) is 12.8. The van der Waals surface area contributed by atoms with Crippen LogP contribution >= 0.6 is 0 Å². The number of hydrogen-bond acceptors (Lipinski definition) is 4. The van der Waals surface area contributed by atoms with Gasteiger partial charge in [0.2, 0.25) is 0 Å². The van der Waals surface area contributed by atoms with Crippen molar-refractivity contribution in [3.05, 3.63) is 36.4 Å². The van der Waals surface area contributed by atoms with Gasteiger partial charge in [0.15, 0.2) is 0 Å². The normalized spacial score (nSPS) is 11.5. The molecule has 0 aliphatic rings. The van der Waals surface area contributed by atoms with Crippen molar-refractivity contribution in [1.82, 2.24) is 0 Å². The first-order valence-electron chi connectivity index (χ1n) is 5.22. The van der Waals surface area contributed by atoms with Crippen LogP contribution in [0.5, 0.6) is 5.75 Å². The van der Waals surface area contributed by atoms with E-state index < -0.39 is 6.04 Å². The molecular weight excluding hydrogens is 218 g/mol. The Morgan fingerprint density at radius 3 is 2.29 bits per heavy atom. The highest BCUT2D eigenvalue weighted by atomic mass is 16.5. The number of carbonyl (C=O) groups is 1. The second kappa shape index (κ2) is 5.94. The van der Waals surface area contributed by atoms with E-state index in [4.69, 9.17) is 9.47 Å². The number of rotatable bonds is 5. The first-order chi connectivity index (χ1) is 8.08. The molecule has 1 rings (SSSR count). The lowest BCUT2D eigenvalue weighted by Gasteiger charge is -2.17. The number of methoxy groups -OCH3 is 2. The van der Waals surface area contributed by atoms with Gasteiger partial charge in [0.1, 0.15) is 11.8 Å². The molecule has 17 heavy (non-hydrogen) atoms. The van der Waals surface area contributed by atoms with Crippen LogP contribution in [-0.4, -0.2) is 26.2 Å². The molecule has 0 saturated carbocycles. The third kappa shape index (κ3) is 3.52. The number of anilines is 1. The van der Waals surface area contributed by atoms with Crippen molar-refractivity contribution in [2.45, 2.75) is 13.0 Å². The predicted octanol–water partition coefficient (Wildman–Crippen LogP) is 2.22. The van der Waals surface area contributed by atoms with Crippen LogP contribution < -0.4 is 10.1 Å². The Morgan fingerprint density at radius 2 is 1.88 bits per heavy atom. The van der Waals surface area contributed by atoms with E-state index in [0.29, 0.717) is 5.57 Å². The van der Waals surface area contributed by atoms with Gasteiger partial charge in [-0.3, -0.25) is 0 Å². The first-order valence-corrected chi connectivity index (χ1v) is 5.22. The minimum atomic E-state index is -0.534. The molecule has 0 aliphatic heterocycles. The van der Waals surface area contributed by atoms with Gasteiger partial charge in [0.25, 0.3) is 0 Å². The molecule has 0 amide bonds. The molecule has 4 heteroatoms. The molecule has 1 unspecified atom stereocenters. The molecule has 0 heterocycles. The largest absolute Gasteiger partial charge is 0.497 e. The Morgan fingerprint density at radius 1 is 1.29 bits per heavy atom. The van der Waals surface area contributed by atoms with E-state index in [1.165, 1.54) is 7.11 Å². The second-order valence-electron chi connectivity index (χ2n) is 3.68. The average molecular weight is 235 g/mol. The van der Waals surface area contributed by atoms with Crippen molar-refractivity contribution in [1.29, 1.82) is 0 Å². The van der Waals surface area contributed by atoms with E-state index in [1.54, 1.807) is 14.0 Å². The summed E-state index contributed by atoms with van der Waals surface area (Å²) >= 11 is 0. The summed E-state index contributed by atoms with van der Waals surface area (Å²) < 4.78 is 9.76. The molecule has 0 aromatic heterocycles. The van der Waals surface area contributed by atoms with Gasteiger partial charge in [-0.05, 0) is 36.8 Å². The van der Waals surface area contributed by atoms with Crippen LogP contribution in [0.1, 0.15) is 6.92 Å². The van der Waals surface area contributed by atoms with E-state index in [9.17, 15) is 4.79 Å². The number of benzene rings is 1. The highest BCUT2D eigenvalue weighted by Crippen LogP contribution is 2.17. The zero-order valence-electron chi connectivity index (χ0n) is 10.3. The quantitative estimate of drug-likeness (QED) is 0.628. The summed E-state index contributed by atoms with van der Waals surface area (Å²) in [4.78, 5) is 11.5. The van der Waals surface area contributed by atoms with Gasteiger partial charge in [0, 0.05) is 5.69 Å². The third-order valence-corrected chi connectivity index (χ3v) is 2.33. The lowest BCUT2D eigenvalue weighted by molar-refractivity contribution is -0.140. The van der Waals surface area contributed by atoms with Crippen molar-refractivity contribution >= 4 is 11.7 Å². The molecule has 0 fully saturated rings. The Labute approximate surface area is 101 Å². The van der Waals surface area contributed by atoms with E-state index in [-0.39, 0.29) is 5.97 Å². The zero-order valence-corrected chi connectivity index (χ0v) is 10.3. The van der Waals surface area contributed by atoms with Crippen LogP contribution in [0.2, 0.25) is 0 Å². The SMILES string of the molecule is C=C(C)C(Nc1ccc(OC)cc1)C(=O)OC. The first kappa shape index (κ1) is 13.1. The third-order valence-electron chi connectivity index (χ3n) is 2.33. The molecular formula is C13H17NO3. The summed E-state index contributed by atoms with van der Waals surface area (Å²) in [6.45, 7) is 5.54. The topological polar surface area (TPSA) is 47.6 Å². The van der Waals surface area contributed by atoms with E-state index in [1.807, 2.05) is 24.3 Å². The molecule has 92 valence electrons. The van der Waals surface area contributed by atoms with Gasteiger partial charge in [-0.2, -0.15) is 0 Å². The van der Waals surface area contributed by atoms with Crippen LogP contribution in [0.4, 0.5) is 5.69 Å². The minimum Gasteiger partial charge on any atom is -0.497 e. The summed E-state index contributed by atoms with van der Waals surface area (Å²) in [5.41, 5.74) is 1.51. The van der Waals surface area contributed by atoms with E-state index >= 15 is 0 Å². The van der Waals surface area contributed by atoms with Gasteiger partial charge in [-0.1, -0.05) is 6.58 Å². The summed E-state index contributed by atoms with van der Waals surface area (Å²) in [6, 6.07) is 6.76. The second-order valence-corrected chi connectivity index (χ2v) is 3.68. The fourth-order valence-corrected chi connectivity index (χ4v) is 1.36. The Bertz CT molecular complexity index is 398. The molecule has 1 atom stereocenters. The Kier molecular flexibility index (Phi) is 4.57. The molecule has 0 radical (unpaired) electrons. The fraction of sp³-hybridized carbons (Fsp3) is 0.308. The van der Waals surface area contributed by atoms with Crippen molar-refractivity contribution in [3.63, 3.8) is 0 Å². The van der Waals surface area contributed by atoms with Crippen LogP contribution in [-0.2, 0) is 9.53 Å². The number of nitrogens with one attached hydrogen (secondary N) is 1. The van der Waals surface area contributed by atoms with Gasteiger partial charge in [-0.25, -0.2) is 4.79 Å². The molecule has 1 aromatic carbocycles. The maximum Gasteiger partial charge on any atom is 0.332 e. The highest BCUT2D eigenvalue weighted by molar-refractivity contribution is 5.82. The van der Waals surface area contributed by atoms with Crippen molar-refractivity contribution in [2.24, 2.45) is 0 Å². The molecule has 1 N–H and O–H groups in total. The maximum absolute atomic E-state index is 11.5. The Balaban J connectivity index is 2.79. The van der Waals surface area contributed by atoms with Gasteiger partial charge in [0.05, 0.1) is 14.2 Å². The molecule has 0 bridgehead atoms. The Hall–Kier alpha value is -1.97. The molecule has 1 aromatic rings. The van der Waals surface area contributed by atoms with Crippen LogP contribution in [0, 0.1) is 0 Å². The highest BCUT2D eigenvalue weighted by Gasteiger charge is 2.19. The fourth-order valence-electron chi connectivity index (χ4n) is 1.36. The number of esters is 1. The van der Waals surface area contributed by atoms with Crippen molar-refractivity contribution in [3.8, 4) is 5.75 Å². The lowest BCUT2D eigenvalue weighted by Crippen LogP contribution is -2.31. The van der Waals surface area contributed by atoms with Crippen LogP contribution in [0.25, 0.3) is 0 Å². The van der Waals surface area contributed by atoms with Gasteiger partial charge in [-0.15, -0.1) is 0 Å². The van der Waals surface area contributed by atoms with Crippen LogP contribution in [0.15, 0.2) is 36.4 Å². The summed E-state index contributed by atoms with van der Waals surface area (Å²) in [5, 5.41) is 3.05.